The van der Waals surface area contributed by atoms with E-state index in [4.69, 9.17) is 0 Å². The Morgan fingerprint density at radius 3 is 2.31 bits per heavy atom. The van der Waals surface area contributed by atoms with Gasteiger partial charge in [0.15, 0.2) is 0 Å². The molecule has 0 fully saturated rings. The monoisotopic (exact) mass is 345 g/mol. The summed E-state index contributed by atoms with van der Waals surface area (Å²) in [5.74, 6) is -0.149. The molecule has 2 aromatic carbocycles. The van der Waals surface area contributed by atoms with Crippen LogP contribution in [0, 0.1) is 0 Å². The van der Waals surface area contributed by atoms with Crippen LogP contribution < -0.4 is 10.6 Å². The second-order valence-electron chi connectivity index (χ2n) is 6.20. The lowest BCUT2D eigenvalue weighted by Crippen LogP contribution is -2.26. The molecule has 1 heterocycles. The fourth-order valence-electron chi connectivity index (χ4n) is 2.74. The number of pyridine rings is 1. The second kappa shape index (κ2) is 8.81. The maximum absolute atomic E-state index is 12.2. The largest absolute Gasteiger partial charge is 0.377 e. The van der Waals surface area contributed by atoms with E-state index < -0.39 is 0 Å². The fraction of sp³-hybridized carbons (Fsp3) is 0.182. The number of hydrogen-bond acceptors (Lipinski definition) is 3. The number of carbonyl (C=O) groups excluding carboxylic acids is 1. The molecule has 132 valence electrons. The van der Waals surface area contributed by atoms with Crippen LogP contribution in [0.15, 0.2) is 79.0 Å². The summed E-state index contributed by atoms with van der Waals surface area (Å²) in [6.45, 7) is 2.69. The molecule has 0 aliphatic rings. The molecule has 1 atom stereocenters. The highest BCUT2D eigenvalue weighted by atomic mass is 16.1. The summed E-state index contributed by atoms with van der Waals surface area (Å²) >= 11 is 0. The van der Waals surface area contributed by atoms with Gasteiger partial charge in [-0.05, 0) is 36.6 Å². The van der Waals surface area contributed by atoms with Crippen molar-refractivity contribution >= 4 is 11.6 Å². The van der Waals surface area contributed by atoms with Crippen molar-refractivity contribution in [2.75, 3.05) is 11.9 Å². The third kappa shape index (κ3) is 4.93. The van der Waals surface area contributed by atoms with Crippen LogP contribution in [0.5, 0.6) is 0 Å². The molecule has 1 unspecified atom stereocenters. The van der Waals surface area contributed by atoms with E-state index in [1.165, 1.54) is 11.1 Å². The third-order valence-electron chi connectivity index (χ3n) is 4.22. The van der Waals surface area contributed by atoms with E-state index in [0.717, 1.165) is 12.1 Å². The van der Waals surface area contributed by atoms with Crippen LogP contribution in [0.25, 0.3) is 0 Å². The van der Waals surface area contributed by atoms with Gasteiger partial charge in [-0.2, -0.15) is 0 Å². The van der Waals surface area contributed by atoms with Crippen molar-refractivity contribution in [3.63, 3.8) is 0 Å². The summed E-state index contributed by atoms with van der Waals surface area (Å²) in [4.78, 5) is 16.5. The van der Waals surface area contributed by atoms with E-state index in [0.29, 0.717) is 12.2 Å². The quantitative estimate of drug-likeness (QED) is 0.674. The van der Waals surface area contributed by atoms with Crippen molar-refractivity contribution in [1.82, 2.24) is 10.3 Å². The number of aromatic nitrogens is 1. The first-order chi connectivity index (χ1) is 12.7. The summed E-state index contributed by atoms with van der Waals surface area (Å²) < 4.78 is 0. The average Bonchev–Trinajstić information content (AvgIpc) is 2.70. The van der Waals surface area contributed by atoms with Crippen LogP contribution in [-0.4, -0.2) is 17.4 Å². The summed E-state index contributed by atoms with van der Waals surface area (Å²) in [5.41, 5.74) is 3.73. The van der Waals surface area contributed by atoms with E-state index >= 15 is 0 Å². The smallest absolute Gasteiger partial charge is 0.269 e. The van der Waals surface area contributed by atoms with E-state index in [9.17, 15) is 4.79 Å². The van der Waals surface area contributed by atoms with Crippen molar-refractivity contribution in [2.45, 2.75) is 19.4 Å². The highest BCUT2D eigenvalue weighted by Crippen LogP contribution is 2.18. The van der Waals surface area contributed by atoms with Crippen molar-refractivity contribution < 1.29 is 4.79 Å². The van der Waals surface area contributed by atoms with Crippen LogP contribution in [0.1, 0.15) is 34.6 Å². The second-order valence-corrected chi connectivity index (χ2v) is 6.20. The molecule has 1 amide bonds. The molecule has 0 radical (unpaired) electrons. The lowest BCUT2D eigenvalue weighted by molar-refractivity contribution is 0.0949. The molecule has 0 saturated carbocycles. The molecule has 4 nitrogen and oxygen atoms in total. The Bertz CT molecular complexity index is 817. The molecule has 0 aliphatic heterocycles. The standard InChI is InChI=1S/C22H23N3O/c1-17(19-10-6-3-7-11-19)25-20-12-13-21(24-16-20)22(26)23-15-14-18-8-4-2-5-9-18/h2-13,16-17,25H,14-15H2,1H3,(H,23,26). The molecule has 4 heteroatoms. The molecule has 0 spiro atoms. The molecule has 2 N–H and O–H groups in total. The lowest BCUT2D eigenvalue weighted by Gasteiger charge is -2.15. The number of amides is 1. The SMILES string of the molecule is CC(Nc1ccc(C(=O)NCCc2ccccc2)nc1)c1ccccc1. The zero-order chi connectivity index (χ0) is 18.2. The number of hydrogen-bond donors (Lipinski definition) is 2. The fourth-order valence-corrected chi connectivity index (χ4v) is 2.74. The van der Waals surface area contributed by atoms with Crippen molar-refractivity contribution in [2.24, 2.45) is 0 Å². The number of nitrogens with zero attached hydrogens (tertiary/aromatic N) is 1. The minimum Gasteiger partial charge on any atom is -0.377 e. The highest BCUT2D eigenvalue weighted by Gasteiger charge is 2.08. The van der Waals surface area contributed by atoms with Crippen molar-refractivity contribution in [3.05, 3.63) is 95.8 Å². The number of carbonyl (C=O) groups is 1. The van der Waals surface area contributed by atoms with Gasteiger partial charge in [-0.3, -0.25) is 4.79 Å². The maximum Gasteiger partial charge on any atom is 0.269 e. The molecule has 0 bridgehead atoms. The Morgan fingerprint density at radius 2 is 1.65 bits per heavy atom. The summed E-state index contributed by atoms with van der Waals surface area (Å²) in [5, 5.41) is 6.31. The number of benzene rings is 2. The van der Waals surface area contributed by atoms with Gasteiger partial charge in [0.2, 0.25) is 0 Å². The molecule has 3 rings (SSSR count). The van der Waals surface area contributed by atoms with Gasteiger partial charge in [-0.15, -0.1) is 0 Å². The number of nitrogens with one attached hydrogen (secondary N) is 2. The minimum atomic E-state index is -0.149. The summed E-state index contributed by atoms with van der Waals surface area (Å²) in [6, 6.07) is 24.1. The van der Waals surface area contributed by atoms with E-state index in [-0.39, 0.29) is 11.9 Å². The Labute approximate surface area is 154 Å². The first-order valence-corrected chi connectivity index (χ1v) is 8.82. The van der Waals surface area contributed by atoms with E-state index in [1.54, 1.807) is 12.3 Å². The molecule has 0 aliphatic carbocycles. The first-order valence-electron chi connectivity index (χ1n) is 8.82. The molecule has 26 heavy (non-hydrogen) atoms. The van der Waals surface area contributed by atoms with Gasteiger partial charge >= 0.3 is 0 Å². The molecule has 1 aromatic heterocycles. The highest BCUT2D eigenvalue weighted by molar-refractivity contribution is 5.92. The lowest BCUT2D eigenvalue weighted by atomic mass is 10.1. The Hall–Kier alpha value is -3.14. The zero-order valence-electron chi connectivity index (χ0n) is 14.9. The van der Waals surface area contributed by atoms with Gasteiger partial charge in [0.05, 0.1) is 11.9 Å². The number of rotatable bonds is 7. The average molecular weight is 345 g/mol. The van der Waals surface area contributed by atoms with Gasteiger partial charge in [0, 0.05) is 12.6 Å². The normalized spacial score (nSPS) is 11.6. The Morgan fingerprint density at radius 1 is 0.962 bits per heavy atom. The molecule has 3 aromatic rings. The van der Waals surface area contributed by atoms with E-state index in [2.05, 4.69) is 46.8 Å². The van der Waals surface area contributed by atoms with Gasteiger partial charge in [-0.25, -0.2) is 4.98 Å². The van der Waals surface area contributed by atoms with Gasteiger partial charge in [-0.1, -0.05) is 60.7 Å². The first kappa shape index (κ1) is 17.7. The Balaban J connectivity index is 1.51. The van der Waals surface area contributed by atoms with Crippen LogP contribution in [0.4, 0.5) is 5.69 Å². The maximum atomic E-state index is 12.2. The predicted octanol–water partition coefficient (Wildman–Crippen LogP) is 4.23. The topological polar surface area (TPSA) is 54.0 Å². The van der Waals surface area contributed by atoms with Crippen LogP contribution >= 0.6 is 0 Å². The van der Waals surface area contributed by atoms with Gasteiger partial charge < -0.3 is 10.6 Å². The van der Waals surface area contributed by atoms with Crippen LogP contribution in [0.3, 0.4) is 0 Å². The van der Waals surface area contributed by atoms with Crippen LogP contribution in [-0.2, 0) is 6.42 Å². The zero-order valence-corrected chi connectivity index (χ0v) is 14.9. The van der Waals surface area contributed by atoms with E-state index in [1.807, 2.05) is 42.5 Å². The number of anilines is 1. The van der Waals surface area contributed by atoms with Crippen molar-refractivity contribution in [3.8, 4) is 0 Å². The van der Waals surface area contributed by atoms with Crippen LogP contribution in [0.2, 0.25) is 0 Å². The van der Waals surface area contributed by atoms with Crippen molar-refractivity contribution in [1.29, 1.82) is 0 Å². The predicted molar refractivity (Wildman–Crippen MR) is 105 cm³/mol. The minimum absolute atomic E-state index is 0.149. The molecular formula is C22H23N3O. The third-order valence-corrected chi connectivity index (χ3v) is 4.22. The summed E-state index contributed by atoms with van der Waals surface area (Å²) in [7, 11) is 0. The van der Waals surface area contributed by atoms with Gasteiger partial charge in [0.25, 0.3) is 5.91 Å². The summed E-state index contributed by atoms with van der Waals surface area (Å²) in [6.07, 6.45) is 2.51. The van der Waals surface area contributed by atoms with Gasteiger partial charge in [0.1, 0.15) is 5.69 Å². The molecular weight excluding hydrogens is 322 g/mol. The Kier molecular flexibility index (Phi) is 5.99. The molecule has 0 saturated heterocycles.